The molecule has 0 fully saturated rings. The van der Waals surface area contributed by atoms with Gasteiger partial charge in [-0.1, -0.05) is 18.2 Å². The van der Waals surface area contributed by atoms with E-state index in [-0.39, 0.29) is 24.6 Å². The predicted molar refractivity (Wildman–Crippen MR) is 99.2 cm³/mol. The molecule has 26 heavy (non-hydrogen) atoms. The summed E-state index contributed by atoms with van der Waals surface area (Å²) in [6, 6.07) is 7.50. The minimum Gasteiger partial charge on any atom is -0.355 e. The second-order valence-electron chi connectivity index (χ2n) is 6.50. The molecule has 0 bridgehead atoms. The van der Waals surface area contributed by atoms with Crippen LogP contribution in [0, 0.1) is 12.3 Å². The molecule has 0 aliphatic carbocycles. The molecule has 2 heterocycles. The Balaban J connectivity index is 1.43. The van der Waals surface area contributed by atoms with Crippen molar-refractivity contribution in [2.75, 3.05) is 23.1 Å². The Morgan fingerprint density at radius 1 is 1.31 bits per heavy atom. The average molecular weight is 374 g/mol. The SMILES string of the molecule is C#CCCC1(CCC(=O)NCCS(=O)(=O)N2CCc3ccccc32)N=N1. The normalized spacial score (nSPS) is 16.8. The Bertz CT molecular complexity index is 851. The molecule has 7 nitrogen and oxygen atoms in total. The minimum absolute atomic E-state index is 0.0888. The molecule has 2 aliphatic heterocycles. The highest BCUT2D eigenvalue weighted by atomic mass is 32.2. The molecule has 1 aromatic rings. The third kappa shape index (κ3) is 4.22. The number of hydrogen-bond donors (Lipinski definition) is 1. The zero-order valence-corrected chi connectivity index (χ0v) is 15.3. The summed E-state index contributed by atoms with van der Waals surface area (Å²) < 4.78 is 26.5. The number of carbonyl (C=O) groups is 1. The standard InChI is InChI=1S/C18H22N4O3S/c1-2-3-10-18(20-21-18)11-8-17(23)19-12-14-26(24,25)22-13-9-15-6-4-5-7-16(15)22/h1,4-7H,3,8-14H2,(H,19,23). The highest BCUT2D eigenvalue weighted by molar-refractivity contribution is 7.92. The van der Waals surface area contributed by atoms with Crippen LogP contribution >= 0.6 is 0 Å². The molecule has 3 rings (SSSR count). The summed E-state index contributed by atoms with van der Waals surface area (Å²) in [5.74, 6) is 2.23. The van der Waals surface area contributed by atoms with Crippen LogP contribution in [0.25, 0.3) is 0 Å². The van der Waals surface area contributed by atoms with E-state index in [2.05, 4.69) is 21.5 Å². The van der Waals surface area contributed by atoms with Crippen LogP contribution in [0.15, 0.2) is 34.5 Å². The lowest BCUT2D eigenvalue weighted by atomic mass is 10.0. The average Bonchev–Trinajstić information content (AvgIpc) is 3.26. The van der Waals surface area contributed by atoms with Gasteiger partial charge in [0.25, 0.3) is 0 Å². The van der Waals surface area contributed by atoms with E-state index in [0.717, 1.165) is 11.3 Å². The van der Waals surface area contributed by atoms with Crippen molar-refractivity contribution in [2.45, 2.75) is 37.8 Å². The van der Waals surface area contributed by atoms with E-state index in [0.29, 0.717) is 32.2 Å². The summed E-state index contributed by atoms with van der Waals surface area (Å²) >= 11 is 0. The predicted octanol–water partition coefficient (Wildman–Crippen LogP) is 1.85. The Hall–Kier alpha value is -2.40. The molecule has 138 valence electrons. The molecular weight excluding hydrogens is 352 g/mol. The highest BCUT2D eigenvalue weighted by Crippen LogP contribution is 2.37. The van der Waals surface area contributed by atoms with Gasteiger partial charge in [0.15, 0.2) is 5.66 Å². The lowest BCUT2D eigenvalue weighted by molar-refractivity contribution is -0.121. The van der Waals surface area contributed by atoms with Crippen LogP contribution in [0.2, 0.25) is 0 Å². The van der Waals surface area contributed by atoms with Gasteiger partial charge in [0, 0.05) is 38.8 Å². The second kappa shape index (κ2) is 7.46. The third-order valence-electron chi connectivity index (χ3n) is 4.67. The number of nitrogens with zero attached hydrogens (tertiary/aromatic N) is 3. The number of hydrogen-bond acceptors (Lipinski definition) is 5. The van der Waals surface area contributed by atoms with Crippen molar-refractivity contribution >= 4 is 21.6 Å². The monoisotopic (exact) mass is 374 g/mol. The van der Waals surface area contributed by atoms with Crippen molar-refractivity contribution in [1.82, 2.24) is 5.32 Å². The molecule has 0 atom stereocenters. The smallest absolute Gasteiger partial charge is 0.236 e. The van der Waals surface area contributed by atoms with Crippen molar-refractivity contribution in [2.24, 2.45) is 10.2 Å². The van der Waals surface area contributed by atoms with Gasteiger partial charge in [-0.2, -0.15) is 10.2 Å². The summed E-state index contributed by atoms with van der Waals surface area (Å²) in [7, 11) is -3.45. The molecule has 1 N–H and O–H groups in total. The van der Waals surface area contributed by atoms with Gasteiger partial charge in [0.1, 0.15) is 0 Å². The largest absolute Gasteiger partial charge is 0.355 e. The van der Waals surface area contributed by atoms with E-state index in [1.165, 1.54) is 4.31 Å². The van der Waals surface area contributed by atoms with Gasteiger partial charge in [0.2, 0.25) is 15.9 Å². The minimum atomic E-state index is -3.45. The van der Waals surface area contributed by atoms with Gasteiger partial charge in [0.05, 0.1) is 11.4 Å². The van der Waals surface area contributed by atoms with Gasteiger partial charge in [-0.15, -0.1) is 12.3 Å². The molecule has 0 aromatic heterocycles. The zero-order valence-electron chi connectivity index (χ0n) is 14.5. The van der Waals surface area contributed by atoms with Crippen molar-refractivity contribution < 1.29 is 13.2 Å². The summed E-state index contributed by atoms with van der Waals surface area (Å²) in [5, 5.41) is 10.6. The van der Waals surface area contributed by atoms with Crippen LogP contribution in [-0.4, -0.2) is 38.8 Å². The quantitative estimate of drug-likeness (QED) is 0.669. The number of terminal acetylenes is 1. The lowest BCUT2D eigenvalue weighted by Crippen LogP contribution is -2.37. The van der Waals surface area contributed by atoms with E-state index in [9.17, 15) is 13.2 Å². The maximum Gasteiger partial charge on any atom is 0.236 e. The topological polar surface area (TPSA) is 91.2 Å². The van der Waals surface area contributed by atoms with Crippen molar-refractivity contribution in [3.8, 4) is 12.3 Å². The van der Waals surface area contributed by atoms with Crippen molar-refractivity contribution in [3.05, 3.63) is 29.8 Å². The number of para-hydroxylation sites is 1. The number of amides is 1. The van der Waals surface area contributed by atoms with Crippen molar-refractivity contribution in [3.63, 3.8) is 0 Å². The number of nitrogens with one attached hydrogen (secondary N) is 1. The molecule has 1 aromatic carbocycles. The Labute approximate surface area is 153 Å². The fraction of sp³-hybridized carbons (Fsp3) is 0.500. The van der Waals surface area contributed by atoms with Gasteiger partial charge in [-0.25, -0.2) is 8.42 Å². The van der Waals surface area contributed by atoms with Crippen LogP contribution in [-0.2, 0) is 21.2 Å². The number of benzene rings is 1. The zero-order chi connectivity index (χ0) is 18.6. The second-order valence-corrected chi connectivity index (χ2v) is 8.52. The Morgan fingerprint density at radius 3 is 2.81 bits per heavy atom. The third-order valence-corrected chi connectivity index (χ3v) is 6.44. The van der Waals surface area contributed by atoms with Crippen LogP contribution < -0.4 is 9.62 Å². The fourth-order valence-electron chi connectivity index (χ4n) is 3.10. The number of carbonyl (C=O) groups excluding carboxylic acids is 1. The van der Waals surface area contributed by atoms with E-state index in [1.54, 1.807) is 0 Å². The number of rotatable bonds is 9. The molecule has 0 saturated carbocycles. The summed E-state index contributed by atoms with van der Waals surface area (Å²) in [4.78, 5) is 12.0. The van der Waals surface area contributed by atoms with E-state index in [4.69, 9.17) is 6.42 Å². The first-order valence-electron chi connectivity index (χ1n) is 8.68. The van der Waals surface area contributed by atoms with Gasteiger partial charge in [-0.05, 0) is 18.1 Å². The Kier molecular flexibility index (Phi) is 5.28. The number of fused-ring (bicyclic) bond motifs is 1. The van der Waals surface area contributed by atoms with E-state index < -0.39 is 15.7 Å². The first-order valence-corrected chi connectivity index (χ1v) is 10.3. The van der Waals surface area contributed by atoms with Crippen LogP contribution in [0.4, 0.5) is 5.69 Å². The highest BCUT2D eigenvalue weighted by Gasteiger charge is 2.39. The first-order chi connectivity index (χ1) is 12.5. The molecule has 8 heteroatoms. The molecule has 2 aliphatic rings. The van der Waals surface area contributed by atoms with Crippen LogP contribution in [0.3, 0.4) is 0 Å². The maximum absolute atomic E-state index is 12.5. The molecule has 0 saturated heterocycles. The van der Waals surface area contributed by atoms with Crippen molar-refractivity contribution in [1.29, 1.82) is 0 Å². The van der Waals surface area contributed by atoms with Gasteiger partial charge < -0.3 is 5.32 Å². The first kappa shape index (κ1) is 18.4. The number of sulfonamides is 1. The Morgan fingerprint density at radius 2 is 2.08 bits per heavy atom. The molecular formula is C18H22N4O3S. The van der Waals surface area contributed by atoms with Gasteiger partial charge in [-0.3, -0.25) is 9.10 Å². The molecule has 0 spiro atoms. The molecule has 0 radical (unpaired) electrons. The van der Waals surface area contributed by atoms with Gasteiger partial charge >= 0.3 is 0 Å². The maximum atomic E-state index is 12.5. The number of anilines is 1. The molecule has 0 unspecified atom stereocenters. The van der Waals surface area contributed by atoms with E-state index >= 15 is 0 Å². The van der Waals surface area contributed by atoms with E-state index in [1.807, 2.05) is 24.3 Å². The fourth-order valence-corrected chi connectivity index (χ4v) is 4.52. The lowest BCUT2D eigenvalue weighted by Gasteiger charge is -2.19. The van der Waals surface area contributed by atoms with Crippen LogP contribution in [0.1, 0.15) is 31.2 Å². The van der Waals surface area contributed by atoms with Crippen LogP contribution in [0.5, 0.6) is 0 Å². The summed E-state index contributed by atoms with van der Waals surface area (Å²) in [5.41, 5.74) is 1.29. The summed E-state index contributed by atoms with van der Waals surface area (Å²) in [6.07, 6.45) is 7.94. The summed E-state index contributed by atoms with van der Waals surface area (Å²) in [6.45, 7) is 0.543. The molecule has 1 amide bonds.